The fourth-order valence-electron chi connectivity index (χ4n) is 0.0655. The van der Waals surface area contributed by atoms with Crippen LogP contribution in [0.5, 0.6) is 0 Å². The van der Waals surface area contributed by atoms with Crippen LogP contribution in [-0.2, 0) is 50.2 Å². The molecule has 0 aromatic heterocycles. The molecule has 0 atom stereocenters. The Labute approximate surface area is 211 Å². The number of rotatable bonds is 1. The van der Waals surface area contributed by atoms with Crippen LogP contribution in [0, 0.1) is 11.1 Å². The molecule has 0 bridgehead atoms. The van der Waals surface area contributed by atoms with Crippen molar-refractivity contribution in [3.05, 3.63) is 22.5 Å². The first-order valence-electron chi connectivity index (χ1n) is 6.78. The van der Waals surface area contributed by atoms with Crippen molar-refractivity contribution in [2.45, 2.75) is 0 Å². The summed E-state index contributed by atoms with van der Waals surface area (Å²) >= 11 is 12.7. The molecule has 25 heavy (non-hydrogen) atoms. The fourth-order valence-corrected chi connectivity index (χ4v) is 0.266. The smallest absolute Gasteiger partial charge is 0.823 e. The number of allylic oxidation sites excluding steroid dienone is 2. The largest absolute Gasteiger partial charge is 2.00 e. The van der Waals surface area contributed by atoms with Crippen molar-refractivity contribution in [3.63, 3.8) is 0 Å². The molecule has 0 aromatic carbocycles. The Hall–Kier alpha value is 3.70. The molecular formula is C16H38Br2P4Pd2S. The molecule has 0 saturated carbocycles. The number of halogens is 2. The molecule has 0 rings (SSSR count). The van der Waals surface area contributed by atoms with E-state index in [9.17, 15) is 0 Å². The molecule has 0 aliphatic heterocycles. The Kier molecular flexibility index (Phi) is 95.2. The Morgan fingerprint density at radius 2 is 0.840 bits per heavy atom. The zero-order valence-electron chi connectivity index (χ0n) is 17.7. The number of hydrogen-bond acceptors (Lipinski definition) is 1. The van der Waals surface area contributed by atoms with Gasteiger partial charge in [-0.15, -0.1) is 31.7 Å². The summed E-state index contributed by atoms with van der Waals surface area (Å²) in [6, 6.07) is 0. The Bertz CT molecular complexity index is 175. The summed E-state index contributed by atoms with van der Waals surface area (Å²) < 4.78 is 0. The van der Waals surface area contributed by atoms with Crippen molar-refractivity contribution in [3.8, 4) is 0 Å². The Balaban J connectivity index is -0.0000000316. The molecule has 9 heteroatoms. The molecule has 0 aromatic rings. The summed E-state index contributed by atoms with van der Waals surface area (Å²) in [5, 5.41) is 1.40. The van der Waals surface area contributed by atoms with Gasteiger partial charge in [0.25, 0.3) is 0 Å². The maximum atomic E-state index is 4.39. The van der Waals surface area contributed by atoms with Crippen LogP contribution < -0.4 is 0 Å². The second-order valence-corrected chi connectivity index (χ2v) is 17.3. The SMILES string of the molecule is CP(C)C.CP(C)C.CP(C)C.CP(C)C.[Br][Pd+].[Pd+2].[S-]C=[C-]C=[C-]Br. The summed E-state index contributed by atoms with van der Waals surface area (Å²) in [5.74, 6) is 0. The van der Waals surface area contributed by atoms with E-state index in [1.54, 1.807) is 6.08 Å². The van der Waals surface area contributed by atoms with Crippen molar-refractivity contribution in [1.82, 2.24) is 0 Å². The van der Waals surface area contributed by atoms with E-state index in [-0.39, 0.29) is 20.4 Å². The van der Waals surface area contributed by atoms with E-state index in [4.69, 9.17) is 0 Å². The van der Waals surface area contributed by atoms with Gasteiger partial charge in [-0.3, -0.25) is 0 Å². The van der Waals surface area contributed by atoms with Crippen LogP contribution in [-0.4, -0.2) is 80.0 Å². The molecule has 0 radical (unpaired) electrons. The van der Waals surface area contributed by atoms with Gasteiger partial charge < -0.3 is 51.1 Å². The van der Waals surface area contributed by atoms with Crippen LogP contribution in [0.2, 0.25) is 0 Å². The summed E-state index contributed by atoms with van der Waals surface area (Å²) in [7, 11) is 1.52. The zero-order valence-corrected chi connectivity index (χ0v) is 28.4. The molecule has 0 amide bonds. The molecular weight excluding hydrogens is 721 g/mol. The molecule has 0 spiro atoms. The second-order valence-electron chi connectivity index (χ2n) is 5.90. The maximum Gasteiger partial charge on any atom is 2.00 e. The predicted molar refractivity (Wildman–Crippen MR) is 140 cm³/mol. The molecule has 0 N–H and O–H groups in total. The predicted octanol–water partition coefficient (Wildman–Crippen LogP) is 7.83. The standard InChI is InChI=1S/C4H3BrS.4C3H9P.BrH.2Pd/c5-3-1-2-4-6;4*1-4(2)3;;;/h1,4,6H;4*1-3H3;1H;;/q-2;;;;;;2*+2/p-2. The third kappa shape index (κ3) is 407. The zero-order chi connectivity index (χ0) is 21.1. The topological polar surface area (TPSA) is 0 Å². The van der Waals surface area contributed by atoms with Crippen LogP contribution in [0.15, 0.2) is 11.5 Å². The molecule has 162 valence electrons. The fraction of sp³-hybridized carbons (Fsp3) is 0.750. The van der Waals surface area contributed by atoms with Gasteiger partial charge in [0.15, 0.2) is 0 Å². The van der Waals surface area contributed by atoms with E-state index in [0.29, 0.717) is 31.7 Å². The molecule has 0 heterocycles. The van der Waals surface area contributed by atoms with Gasteiger partial charge in [-0.05, 0) is 80.0 Å². The molecule has 0 aliphatic rings. The van der Waals surface area contributed by atoms with Crippen LogP contribution in [0.25, 0.3) is 0 Å². The van der Waals surface area contributed by atoms with Gasteiger partial charge in [-0.2, -0.15) is 0 Å². The van der Waals surface area contributed by atoms with Gasteiger partial charge in [0.1, 0.15) is 0 Å². The summed E-state index contributed by atoms with van der Waals surface area (Å²) in [6.07, 6.45) is 4.17. The maximum absolute atomic E-state index is 4.39. The van der Waals surface area contributed by atoms with Gasteiger partial charge in [-0.25, -0.2) is 0 Å². The van der Waals surface area contributed by atoms with Crippen LogP contribution >= 0.6 is 61.0 Å². The van der Waals surface area contributed by atoms with E-state index >= 15 is 0 Å². The first kappa shape index (κ1) is 46.8. The average Bonchev–Trinajstić information content (AvgIpc) is 2.36. The molecule has 0 nitrogen and oxygen atoms in total. The van der Waals surface area contributed by atoms with Crippen molar-refractivity contribution in [1.29, 1.82) is 0 Å². The summed E-state index contributed by atoms with van der Waals surface area (Å²) in [6.45, 7) is 26.8. The monoisotopic (exact) mass is 756 g/mol. The summed E-state index contributed by atoms with van der Waals surface area (Å²) in [4.78, 5) is 2.55. The van der Waals surface area contributed by atoms with Crippen molar-refractivity contribution in [2.24, 2.45) is 0 Å². The van der Waals surface area contributed by atoms with E-state index in [1.165, 1.54) is 5.41 Å². The minimum Gasteiger partial charge on any atom is -0.823 e. The van der Waals surface area contributed by atoms with Crippen molar-refractivity contribution < 1.29 is 37.6 Å². The van der Waals surface area contributed by atoms with Crippen molar-refractivity contribution in [2.75, 3.05) is 80.0 Å². The van der Waals surface area contributed by atoms with Gasteiger partial charge in [-0.1, -0.05) is 0 Å². The first-order chi connectivity index (χ1) is 10.8. The van der Waals surface area contributed by atoms with Crippen molar-refractivity contribution >= 4 is 73.7 Å². The van der Waals surface area contributed by atoms with E-state index in [2.05, 4.69) is 150 Å². The molecule has 0 aliphatic carbocycles. The summed E-state index contributed by atoms with van der Waals surface area (Å²) in [5.41, 5.74) is 0. The molecule has 0 fully saturated rings. The van der Waals surface area contributed by atoms with Gasteiger partial charge in [0, 0.05) is 0 Å². The Morgan fingerprint density at radius 1 is 0.680 bits per heavy atom. The van der Waals surface area contributed by atoms with Gasteiger partial charge in [0.05, 0.1) is 0 Å². The average molecular weight is 759 g/mol. The molecule has 0 saturated heterocycles. The minimum atomic E-state index is 0. The van der Waals surface area contributed by atoms with Gasteiger partial charge in [0.2, 0.25) is 0 Å². The quantitative estimate of drug-likeness (QED) is 0.0865. The van der Waals surface area contributed by atoms with Gasteiger partial charge >= 0.3 is 51.0 Å². The van der Waals surface area contributed by atoms with E-state index in [1.807, 2.05) is 0 Å². The van der Waals surface area contributed by atoms with Crippen LogP contribution in [0.4, 0.5) is 0 Å². The Morgan fingerprint density at radius 3 is 0.880 bits per heavy atom. The van der Waals surface area contributed by atoms with E-state index in [0.717, 1.165) is 0 Å². The van der Waals surface area contributed by atoms with E-state index < -0.39 is 0 Å². The first-order valence-corrected chi connectivity index (χ1v) is 22.3. The third-order valence-corrected chi connectivity index (χ3v) is 0.571. The number of hydrogen-bond donors (Lipinski definition) is 0. The second kappa shape index (κ2) is 50.9. The van der Waals surface area contributed by atoms with Crippen LogP contribution in [0.1, 0.15) is 0 Å². The minimum absolute atomic E-state index is 0. The van der Waals surface area contributed by atoms with Crippen LogP contribution in [0.3, 0.4) is 0 Å². The normalized spacial score (nSPS) is 8.80. The molecule has 0 unspecified atom stereocenters. The third-order valence-electron chi connectivity index (χ3n) is 0.206.